The van der Waals surface area contributed by atoms with E-state index in [0.717, 1.165) is 0 Å². The lowest BCUT2D eigenvalue weighted by atomic mass is 10.0. The molecule has 72 heavy (non-hydrogen) atoms. The van der Waals surface area contributed by atoms with Gasteiger partial charge in [-0.25, -0.2) is 43.6 Å². The molecule has 0 atom stereocenters. The van der Waals surface area contributed by atoms with Crippen LogP contribution in [0, 0.1) is 0 Å². The van der Waals surface area contributed by atoms with Gasteiger partial charge in [-0.05, 0) is 169 Å². The van der Waals surface area contributed by atoms with Crippen molar-refractivity contribution in [2.45, 2.75) is 39.2 Å². The second kappa shape index (κ2) is 19.4. The molecule has 0 aliphatic carbocycles. The van der Waals surface area contributed by atoms with Crippen LogP contribution in [0.5, 0.6) is 0 Å². The highest BCUT2D eigenvalue weighted by molar-refractivity contribution is 7.99. The van der Waals surface area contributed by atoms with Gasteiger partial charge in [0.25, 0.3) is 0 Å². The lowest BCUT2D eigenvalue weighted by Crippen LogP contribution is -2.00. The molecule has 4 aromatic carbocycles. The summed E-state index contributed by atoms with van der Waals surface area (Å²) < 4.78 is 152. The van der Waals surface area contributed by atoms with Crippen LogP contribution in [0.3, 0.4) is 0 Å². The molecule has 0 amide bonds. The van der Waals surface area contributed by atoms with Crippen LogP contribution < -0.4 is 0 Å². The highest BCUT2D eigenvalue weighted by atomic mass is 32.2. The maximum absolute atomic E-state index is 12.7. The fourth-order valence-corrected chi connectivity index (χ4v) is 12.8. The van der Waals surface area contributed by atoms with Crippen LogP contribution in [0.2, 0.25) is 0 Å². The SMILES string of the molecule is CSc1cc(-c2c3nc(c(-c4cc(SC)cc(S(=O)(=O)[O-])c4)c4ccc([nH]4)c(-c4cc(SC)cc(S(=O)(=O)[O-])c4)c4nc(c(-c5cc(SC)cc(S(=O)(=O)[O-])c5)c5ccc2[nH]5)C=C4)C=C3)cc(S(=O)(=O)[O-])c1. The maximum Gasteiger partial charge on any atom is 0.124 e. The molecule has 7 aromatic rings. The molecule has 0 fully saturated rings. The minimum Gasteiger partial charge on any atom is -0.744 e. The van der Waals surface area contributed by atoms with Crippen LogP contribution in [0.25, 0.3) is 90.9 Å². The van der Waals surface area contributed by atoms with E-state index in [1.807, 2.05) is 0 Å². The smallest absolute Gasteiger partial charge is 0.124 e. The summed E-state index contributed by atoms with van der Waals surface area (Å²) in [5, 5.41) is 0. The van der Waals surface area contributed by atoms with Gasteiger partial charge in [0.1, 0.15) is 40.5 Å². The lowest BCUT2D eigenvalue weighted by molar-refractivity contribution is 0.460. The Morgan fingerprint density at radius 1 is 0.347 bits per heavy atom. The first kappa shape index (κ1) is 51.4. The average Bonchev–Trinajstić information content (AvgIpc) is 4.18. The van der Waals surface area contributed by atoms with E-state index in [1.165, 1.54) is 95.6 Å². The van der Waals surface area contributed by atoms with E-state index in [9.17, 15) is 51.9 Å². The molecule has 370 valence electrons. The van der Waals surface area contributed by atoms with Gasteiger partial charge in [0.05, 0.1) is 42.4 Å². The number of thioether (sulfide) groups is 4. The van der Waals surface area contributed by atoms with E-state index in [4.69, 9.17) is 9.97 Å². The van der Waals surface area contributed by atoms with Crippen molar-refractivity contribution in [1.29, 1.82) is 0 Å². The van der Waals surface area contributed by atoms with Gasteiger partial charge in [0, 0.05) is 63.9 Å². The molecule has 0 spiro atoms. The summed E-state index contributed by atoms with van der Waals surface area (Å²) in [6.45, 7) is 0. The number of fused-ring (bicyclic) bond motifs is 8. The fraction of sp³-hybridized carbons (Fsp3) is 0.0833. The monoisotopic (exact) mass is 1110 g/mol. The topological polar surface area (TPSA) is 286 Å². The molecule has 2 aliphatic heterocycles. The third-order valence-corrected chi connectivity index (χ3v) is 17.6. The molecule has 9 rings (SSSR count). The van der Waals surface area contributed by atoms with Gasteiger partial charge in [0.2, 0.25) is 0 Å². The molecule has 2 N–H and O–H groups in total. The average molecular weight is 1120 g/mol. The number of aromatic nitrogens is 4. The second-order valence-corrected chi connectivity index (χ2v) is 24.9. The number of nitrogens with zero attached hydrogens (tertiary/aromatic N) is 2. The van der Waals surface area contributed by atoms with Crippen LogP contribution in [-0.2, 0) is 40.5 Å². The molecular weight excluding hydrogens is 1080 g/mol. The first-order chi connectivity index (χ1) is 33.9. The Morgan fingerprint density at radius 2 is 0.556 bits per heavy atom. The second-order valence-electron chi connectivity index (χ2n) is 15.9. The van der Waals surface area contributed by atoms with Gasteiger partial charge in [-0.2, -0.15) is 0 Å². The lowest BCUT2D eigenvalue weighted by Gasteiger charge is -2.14. The van der Waals surface area contributed by atoms with E-state index < -0.39 is 60.1 Å². The number of hydrogen-bond donors (Lipinski definition) is 2. The third kappa shape index (κ3) is 10.4. The summed E-state index contributed by atoms with van der Waals surface area (Å²) in [6.07, 6.45) is 13.3. The van der Waals surface area contributed by atoms with Crippen molar-refractivity contribution in [3.8, 4) is 44.5 Å². The van der Waals surface area contributed by atoms with Crippen LogP contribution in [0.4, 0.5) is 0 Å². The Balaban J connectivity index is 1.54. The zero-order chi connectivity index (χ0) is 51.7. The van der Waals surface area contributed by atoms with Crippen LogP contribution >= 0.6 is 47.0 Å². The normalized spacial score (nSPS) is 13.0. The maximum atomic E-state index is 12.7. The van der Waals surface area contributed by atoms with Crippen molar-refractivity contribution in [1.82, 2.24) is 19.9 Å². The summed E-state index contributed by atoms with van der Waals surface area (Å²) >= 11 is 4.74. The van der Waals surface area contributed by atoms with Crippen molar-refractivity contribution in [3.63, 3.8) is 0 Å². The van der Waals surface area contributed by atoms with Gasteiger partial charge in [-0.15, -0.1) is 47.0 Å². The van der Waals surface area contributed by atoms with Crippen LogP contribution in [0.15, 0.2) is 136 Å². The van der Waals surface area contributed by atoms with Gasteiger partial charge in [-0.1, -0.05) is 0 Å². The molecule has 0 unspecified atom stereocenters. The summed E-state index contributed by atoms with van der Waals surface area (Å²) in [7, 11) is -20.1. The summed E-state index contributed by atoms with van der Waals surface area (Å²) in [6, 6.07) is 23.2. The molecule has 16 nitrogen and oxygen atoms in total. The molecular formula is C48H34N4O12S8-4. The molecule has 0 radical (unpaired) electrons. The largest absolute Gasteiger partial charge is 0.744 e. The Bertz CT molecular complexity index is 3640. The van der Waals surface area contributed by atoms with Gasteiger partial charge in [-0.3, -0.25) is 0 Å². The third-order valence-electron chi connectivity index (χ3n) is 11.5. The van der Waals surface area contributed by atoms with Gasteiger partial charge in [0.15, 0.2) is 0 Å². The Labute approximate surface area is 431 Å². The van der Waals surface area contributed by atoms with Gasteiger partial charge < -0.3 is 28.2 Å². The van der Waals surface area contributed by atoms with Crippen molar-refractivity contribution in [3.05, 3.63) is 120 Å². The van der Waals surface area contributed by atoms with Crippen LogP contribution in [-0.4, -0.2) is 96.8 Å². The number of benzene rings is 4. The molecule has 5 heterocycles. The summed E-state index contributed by atoms with van der Waals surface area (Å²) in [5.74, 6) is 0. The van der Waals surface area contributed by atoms with E-state index in [1.54, 1.807) is 97.9 Å². The minimum atomic E-state index is -5.02. The Hall–Kier alpha value is -5.48. The number of H-pyrrole nitrogens is 2. The van der Waals surface area contributed by atoms with Crippen molar-refractivity contribution >= 4 is 134 Å². The molecule has 2 aliphatic rings. The molecule has 0 saturated carbocycles. The van der Waals surface area contributed by atoms with Crippen molar-refractivity contribution in [2.24, 2.45) is 0 Å². The zero-order valence-corrected chi connectivity index (χ0v) is 44.1. The molecule has 8 bridgehead atoms. The van der Waals surface area contributed by atoms with Gasteiger partial charge >= 0.3 is 0 Å². The van der Waals surface area contributed by atoms with E-state index in [0.29, 0.717) is 41.6 Å². The minimum absolute atomic E-state index is 0.229. The highest BCUT2D eigenvalue weighted by Crippen LogP contribution is 2.42. The number of aromatic amines is 2. The highest BCUT2D eigenvalue weighted by Gasteiger charge is 2.23. The molecule has 3 aromatic heterocycles. The van der Waals surface area contributed by atoms with Crippen molar-refractivity contribution in [2.75, 3.05) is 25.0 Å². The first-order valence-electron chi connectivity index (χ1n) is 20.7. The quantitative estimate of drug-likeness (QED) is 0.0849. The molecule has 0 saturated heterocycles. The Kier molecular flexibility index (Phi) is 13.9. The fourth-order valence-electron chi connectivity index (χ4n) is 8.33. The summed E-state index contributed by atoms with van der Waals surface area (Å²) in [4.78, 5) is 16.6. The first-order valence-corrected chi connectivity index (χ1v) is 31.3. The van der Waals surface area contributed by atoms with Crippen molar-refractivity contribution < 1.29 is 51.9 Å². The number of nitrogens with one attached hydrogen (secondary N) is 2. The number of rotatable bonds is 12. The van der Waals surface area contributed by atoms with E-state index in [2.05, 4.69) is 9.97 Å². The summed E-state index contributed by atoms with van der Waals surface area (Å²) in [5.41, 5.74) is 4.31. The van der Waals surface area contributed by atoms with Crippen LogP contribution in [0.1, 0.15) is 22.8 Å². The predicted molar refractivity (Wildman–Crippen MR) is 280 cm³/mol. The molecule has 24 heteroatoms. The zero-order valence-electron chi connectivity index (χ0n) is 37.6. The standard InChI is InChI=1S/C48H38N4O12S8/c1-65-29-13-25(17-33(21-29)69(53,54)55)45-37-5-7-39(49-37)46(26-14-30(66-2)22-34(18-26)70(56,57)58)41-9-11-43(51-41)48(28-16-32(68-4)24-36(20-28)72(62,63)64)44-12-10-42(52-44)47(40-8-6-38(45)50-40)27-15-31(67-3)23-35(19-27)71(59,60)61/h5-24,49,52H,1-4H3,(H,53,54,55)(H,56,57,58)(H,59,60,61)(H,62,63,64)/p-4. The predicted octanol–water partition coefficient (Wildman–Crippen LogP) is 9.83. The van der Waals surface area contributed by atoms with E-state index >= 15 is 0 Å². The number of hydrogen-bond acceptors (Lipinski definition) is 18. The Morgan fingerprint density at radius 3 is 0.736 bits per heavy atom. The van der Waals surface area contributed by atoms with E-state index in [-0.39, 0.29) is 67.3 Å².